The fraction of sp³-hybridized carbons (Fsp3) is 0.0714. The molecule has 1 aliphatic rings. The molecule has 0 aliphatic carbocycles. The quantitative estimate of drug-likeness (QED) is 0.188. The van der Waals surface area contributed by atoms with E-state index in [1.54, 1.807) is 0 Å². The first-order valence-corrected chi connectivity index (χ1v) is 18.6. The number of pyridine rings is 3. The third-order valence-corrected chi connectivity index (χ3v) is 12.9. The standard InChI is InChI=1S/C42H27N3S3/c1-4-19-34-25(10-1)22-37(46-34)40-28-13-7-15-30(43-28)41(38-23-26-11-2-5-20-35(26)47-38)32-17-9-18-33(45-32)42(31-16-8-14-29(40)44-31)39-24-27-12-3-6-21-36(27)48-39/h1-24,40-42H. The van der Waals surface area contributed by atoms with Gasteiger partial charge in [-0.25, -0.2) is 0 Å². The largest absolute Gasteiger partial charge is 0.256 e. The Hall–Kier alpha value is -5.01. The first kappa shape index (κ1) is 28.0. The Morgan fingerprint density at radius 2 is 0.583 bits per heavy atom. The Balaban J connectivity index is 1.27. The van der Waals surface area contributed by atoms with Crippen LogP contribution in [0.25, 0.3) is 30.3 Å². The maximum Gasteiger partial charge on any atom is 0.0779 e. The van der Waals surface area contributed by atoms with Crippen LogP contribution in [0, 0.1) is 0 Å². The van der Waals surface area contributed by atoms with Crippen LogP contribution in [0.1, 0.15) is 66.5 Å². The summed E-state index contributed by atoms with van der Waals surface area (Å²) in [4.78, 5) is 20.3. The van der Waals surface area contributed by atoms with E-state index in [4.69, 9.17) is 15.0 Å². The van der Waals surface area contributed by atoms with Gasteiger partial charge in [0.2, 0.25) is 0 Å². The molecule has 0 atom stereocenters. The molecular formula is C42H27N3S3. The Bertz CT molecular complexity index is 2180. The number of aromatic nitrogens is 3. The van der Waals surface area contributed by atoms with Crippen molar-refractivity contribution in [3.63, 3.8) is 0 Å². The summed E-state index contributed by atoms with van der Waals surface area (Å²) in [7, 11) is 0. The van der Waals surface area contributed by atoms with E-state index in [0.29, 0.717) is 0 Å². The minimum absolute atomic E-state index is 0.112. The van der Waals surface area contributed by atoms with Crippen LogP contribution in [0.2, 0.25) is 0 Å². The van der Waals surface area contributed by atoms with Gasteiger partial charge in [0.1, 0.15) is 0 Å². The molecule has 0 fully saturated rings. The van der Waals surface area contributed by atoms with Crippen LogP contribution in [-0.4, -0.2) is 15.0 Å². The Morgan fingerprint density at radius 3 is 0.854 bits per heavy atom. The molecule has 9 aromatic rings. The van der Waals surface area contributed by atoms with Crippen LogP contribution in [0.5, 0.6) is 0 Å². The summed E-state index contributed by atoms with van der Waals surface area (Å²) in [6.07, 6.45) is 0. The highest BCUT2D eigenvalue weighted by atomic mass is 32.1. The Labute approximate surface area is 289 Å². The average molecular weight is 670 g/mol. The zero-order chi connectivity index (χ0) is 31.6. The van der Waals surface area contributed by atoms with Gasteiger partial charge in [-0.15, -0.1) is 34.0 Å². The van der Waals surface area contributed by atoms with Gasteiger partial charge in [0.05, 0.1) is 51.9 Å². The van der Waals surface area contributed by atoms with Crippen molar-refractivity contribution in [2.75, 3.05) is 0 Å². The molecule has 0 radical (unpaired) electrons. The SMILES string of the molecule is c1cc2nc(c1)C(c1cc3ccccc3s1)c1cccc(n1)C(c1cc3ccccc3s1)c1cccc(n1)C2c1cc2ccccc2s1. The summed E-state index contributed by atoms with van der Waals surface area (Å²) in [6.45, 7) is 0. The van der Waals surface area contributed by atoms with Crippen molar-refractivity contribution < 1.29 is 0 Å². The van der Waals surface area contributed by atoms with E-state index < -0.39 is 0 Å². The number of hydrogen-bond donors (Lipinski definition) is 0. The van der Waals surface area contributed by atoms with Gasteiger partial charge in [0.15, 0.2) is 0 Å². The van der Waals surface area contributed by atoms with E-state index in [9.17, 15) is 0 Å². The molecule has 10 rings (SSSR count). The number of nitrogens with zero attached hydrogens (tertiary/aromatic N) is 3. The maximum absolute atomic E-state index is 5.51. The van der Waals surface area contributed by atoms with Gasteiger partial charge in [0, 0.05) is 28.7 Å². The monoisotopic (exact) mass is 669 g/mol. The highest BCUT2D eigenvalue weighted by Crippen LogP contribution is 2.44. The van der Waals surface area contributed by atoms with Crippen molar-refractivity contribution in [3.8, 4) is 0 Å². The summed E-state index contributed by atoms with van der Waals surface area (Å²) in [5.74, 6) is -0.336. The second kappa shape index (κ2) is 11.3. The van der Waals surface area contributed by atoms with Crippen LogP contribution < -0.4 is 0 Å². The minimum Gasteiger partial charge on any atom is -0.256 e. The predicted molar refractivity (Wildman–Crippen MR) is 201 cm³/mol. The molecule has 3 aromatic carbocycles. The minimum atomic E-state index is -0.112. The number of fused-ring (bicyclic) bond motifs is 9. The zero-order valence-electron chi connectivity index (χ0n) is 25.7. The summed E-state index contributed by atoms with van der Waals surface area (Å²) in [6, 6.07) is 52.5. The van der Waals surface area contributed by atoms with Gasteiger partial charge >= 0.3 is 0 Å². The lowest BCUT2D eigenvalue weighted by Crippen LogP contribution is -2.16. The molecule has 6 aromatic heterocycles. The highest BCUT2D eigenvalue weighted by molar-refractivity contribution is 7.19. The van der Waals surface area contributed by atoms with Crippen LogP contribution in [0.4, 0.5) is 0 Å². The normalized spacial score (nSPS) is 17.4. The second-order valence-corrected chi connectivity index (χ2v) is 15.7. The molecule has 48 heavy (non-hydrogen) atoms. The first-order chi connectivity index (χ1) is 23.7. The molecule has 6 bridgehead atoms. The molecule has 1 aliphatic heterocycles. The van der Waals surface area contributed by atoms with E-state index in [-0.39, 0.29) is 17.8 Å². The predicted octanol–water partition coefficient (Wildman–Crippen LogP) is 11.4. The van der Waals surface area contributed by atoms with Gasteiger partial charge in [-0.2, -0.15) is 0 Å². The summed E-state index contributed by atoms with van der Waals surface area (Å²) in [5, 5.41) is 3.75. The van der Waals surface area contributed by atoms with Gasteiger partial charge in [0.25, 0.3) is 0 Å². The molecule has 0 saturated carbocycles. The van der Waals surface area contributed by atoms with Crippen molar-refractivity contribution in [2.24, 2.45) is 0 Å². The number of hydrogen-bond acceptors (Lipinski definition) is 6. The fourth-order valence-electron chi connectivity index (χ4n) is 7.13. The van der Waals surface area contributed by atoms with E-state index in [1.165, 1.54) is 44.9 Å². The maximum atomic E-state index is 5.51. The zero-order valence-corrected chi connectivity index (χ0v) is 28.1. The van der Waals surface area contributed by atoms with E-state index >= 15 is 0 Å². The number of benzene rings is 3. The average Bonchev–Trinajstić information content (AvgIpc) is 3.86. The molecule has 0 unspecified atom stereocenters. The lowest BCUT2D eigenvalue weighted by Gasteiger charge is -2.23. The molecule has 0 amide bonds. The van der Waals surface area contributed by atoms with Gasteiger partial charge in [-0.3, -0.25) is 15.0 Å². The molecule has 0 N–H and O–H groups in total. The molecule has 0 spiro atoms. The van der Waals surface area contributed by atoms with Crippen molar-refractivity contribution in [2.45, 2.75) is 17.8 Å². The van der Waals surface area contributed by atoms with Gasteiger partial charge in [-0.05, 0) is 89.0 Å². The molecule has 6 heteroatoms. The topological polar surface area (TPSA) is 38.7 Å². The Morgan fingerprint density at radius 1 is 0.312 bits per heavy atom. The van der Waals surface area contributed by atoms with E-state index in [0.717, 1.165) is 34.2 Å². The van der Waals surface area contributed by atoms with Crippen molar-refractivity contribution in [1.82, 2.24) is 15.0 Å². The van der Waals surface area contributed by atoms with Crippen LogP contribution in [0.3, 0.4) is 0 Å². The van der Waals surface area contributed by atoms with Crippen molar-refractivity contribution in [3.05, 3.63) is 194 Å². The fourth-order valence-corrected chi connectivity index (χ4v) is 10.7. The van der Waals surface area contributed by atoms with Gasteiger partial charge in [-0.1, -0.05) is 72.8 Å². The molecular weight excluding hydrogens is 643 g/mol. The number of rotatable bonds is 3. The smallest absolute Gasteiger partial charge is 0.0779 e. The first-order valence-electron chi connectivity index (χ1n) is 16.1. The van der Waals surface area contributed by atoms with E-state index in [2.05, 4.69) is 146 Å². The highest BCUT2D eigenvalue weighted by Gasteiger charge is 2.30. The van der Waals surface area contributed by atoms with Crippen LogP contribution >= 0.6 is 34.0 Å². The number of thiophene rings is 3. The third kappa shape index (κ3) is 4.71. The molecule has 7 heterocycles. The summed E-state index contributed by atoms with van der Waals surface area (Å²) in [5.41, 5.74) is 6.03. The molecule has 3 nitrogen and oxygen atoms in total. The van der Waals surface area contributed by atoms with Gasteiger partial charge < -0.3 is 0 Å². The second-order valence-electron chi connectivity index (χ2n) is 12.3. The lowest BCUT2D eigenvalue weighted by atomic mass is 9.91. The lowest BCUT2D eigenvalue weighted by molar-refractivity contribution is 0.785. The molecule has 228 valence electrons. The van der Waals surface area contributed by atoms with Crippen LogP contribution in [0.15, 0.2) is 146 Å². The van der Waals surface area contributed by atoms with Crippen LogP contribution in [-0.2, 0) is 0 Å². The summed E-state index contributed by atoms with van der Waals surface area (Å²) < 4.78 is 3.82. The third-order valence-electron chi connectivity index (χ3n) is 9.34. The van der Waals surface area contributed by atoms with E-state index in [1.807, 2.05) is 34.0 Å². The Kier molecular flexibility index (Phi) is 6.61. The molecule has 0 saturated heterocycles. The van der Waals surface area contributed by atoms with Crippen molar-refractivity contribution >= 4 is 64.3 Å². The summed E-state index contributed by atoms with van der Waals surface area (Å²) >= 11 is 5.51. The van der Waals surface area contributed by atoms with Crippen molar-refractivity contribution in [1.29, 1.82) is 0 Å².